The molecule has 1 aromatic heterocycles. The van der Waals surface area contributed by atoms with Gasteiger partial charge in [0, 0.05) is 5.56 Å². The van der Waals surface area contributed by atoms with E-state index in [1.54, 1.807) is 32.9 Å². The van der Waals surface area contributed by atoms with Crippen LogP contribution in [0, 0.1) is 0 Å². The van der Waals surface area contributed by atoms with Crippen LogP contribution in [0.25, 0.3) is 0 Å². The van der Waals surface area contributed by atoms with Crippen LogP contribution in [0.15, 0.2) is 16.7 Å². The first-order valence-electron chi connectivity index (χ1n) is 5.38. The van der Waals surface area contributed by atoms with Crippen LogP contribution >= 0.6 is 15.9 Å². The molecule has 0 unspecified atom stereocenters. The van der Waals surface area contributed by atoms with Crippen LogP contribution in [0.3, 0.4) is 0 Å². The summed E-state index contributed by atoms with van der Waals surface area (Å²) in [6, 6.07) is 3.21. The number of carbonyl (C=O) groups excluding carboxylic acids is 2. The summed E-state index contributed by atoms with van der Waals surface area (Å²) in [6.07, 6.45) is 0.209. The Bertz CT molecular complexity index is 455. The van der Waals surface area contributed by atoms with Gasteiger partial charge < -0.3 is 10.1 Å². The minimum absolute atomic E-state index is 0.204. The fraction of sp³-hybridized carbons (Fsp3) is 0.417. The van der Waals surface area contributed by atoms with Gasteiger partial charge >= 0.3 is 6.09 Å². The average molecular weight is 315 g/mol. The fourth-order valence-corrected chi connectivity index (χ4v) is 1.70. The highest BCUT2D eigenvalue weighted by Gasteiger charge is 2.15. The van der Waals surface area contributed by atoms with Crippen LogP contribution in [-0.4, -0.2) is 23.0 Å². The van der Waals surface area contributed by atoms with E-state index >= 15 is 0 Å². The molecular formula is C12H15BrN2O3. The summed E-state index contributed by atoms with van der Waals surface area (Å²) < 4.78 is 5.64. The van der Waals surface area contributed by atoms with E-state index in [2.05, 4.69) is 26.2 Å². The summed E-state index contributed by atoms with van der Waals surface area (Å²) in [5.41, 5.74) is 0.540. The molecule has 0 aliphatic rings. The van der Waals surface area contributed by atoms with Crippen LogP contribution in [0.2, 0.25) is 0 Å². The second-order valence-electron chi connectivity index (χ2n) is 4.69. The molecule has 18 heavy (non-hydrogen) atoms. The summed E-state index contributed by atoms with van der Waals surface area (Å²) in [5, 5.41) is 2.57. The van der Waals surface area contributed by atoms with E-state index in [1.165, 1.54) is 0 Å². The van der Waals surface area contributed by atoms with Crippen molar-refractivity contribution >= 4 is 28.3 Å². The molecule has 1 heterocycles. The highest BCUT2D eigenvalue weighted by atomic mass is 79.9. The van der Waals surface area contributed by atoms with Crippen molar-refractivity contribution in [3.05, 3.63) is 28.0 Å². The number of nitrogens with one attached hydrogen (secondary N) is 1. The molecule has 1 amide bonds. The molecule has 0 spiro atoms. The van der Waals surface area contributed by atoms with Crippen molar-refractivity contribution in [3.63, 3.8) is 0 Å². The Kier molecular flexibility index (Phi) is 4.84. The molecule has 0 bridgehead atoms. The molecule has 0 saturated carbocycles. The van der Waals surface area contributed by atoms with Crippen LogP contribution in [0.4, 0.5) is 4.79 Å². The lowest BCUT2D eigenvalue weighted by Crippen LogP contribution is -2.32. The smallest absolute Gasteiger partial charge is 0.407 e. The molecule has 0 fully saturated rings. The van der Waals surface area contributed by atoms with Crippen molar-refractivity contribution < 1.29 is 14.3 Å². The second-order valence-corrected chi connectivity index (χ2v) is 5.50. The third-order valence-electron chi connectivity index (χ3n) is 1.82. The van der Waals surface area contributed by atoms with Crippen molar-refractivity contribution in [2.24, 2.45) is 0 Å². The predicted molar refractivity (Wildman–Crippen MR) is 70.4 cm³/mol. The van der Waals surface area contributed by atoms with E-state index in [-0.39, 0.29) is 6.54 Å². The number of pyridine rings is 1. The molecule has 0 saturated heterocycles. The number of carbonyl (C=O) groups is 2. The lowest BCUT2D eigenvalue weighted by molar-refractivity contribution is 0.0523. The number of aldehydes is 1. The van der Waals surface area contributed by atoms with Crippen LogP contribution in [-0.2, 0) is 11.3 Å². The Hall–Kier alpha value is -1.43. The van der Waals surface area contributed by atoms with Crippen molar-refractivity contribution in [1.29, 1.82) is 0 Å². The minimum Gasteiger partial charge on any atom is -0.444 e. The van der Waals surface area contributed by atoms with Gasteiger partial charge in [-0.25, -0.2) is 9.78 Å². The second kappa shape index (κ2) is 5.95. The van der Waals surface area contributed by atoms with Gasteiger partial charge in [-0.15, -0.1) is 0 Å². The summed E-state index contributed by atoms with van der Waals surface area (Å²) in [4.78, 5) is 26.2. The largest absolute Gasteiger partial charge is 0.444 e. The summed E-state index contributed by atoms with van der Waals surface area (Å²) in [6.45, 7) is 5.56. The molecule has 5 nitrogen and oxygen atoms in total. The number of aromatic nitrogens is 1. The topological polar surface area (TPSA) is 68.3 Å². The molecule has 0 aliphatic heterocycles. The molecule has 1 rings (SSSR count). The zero-order chi connectivity index (χ0) is 13.8. The lowest BCUT2D eigenvalue weighted by Gasteiger charge is -2.19. The Morgan fingerprint density at radius 2 is 2.17 bits per heavy atom. The maximum Gasteiger partial charge on any atom is 0.407 e. The monoisotopic (exact) mass is 314 g/mol. The first-order chi connectivity index (χ1) is 8.30. The molecule has 1 N–H and O–H groups in total. The lowest BCUT2D eigenvalue weighted by atomic mass is 10.2. The van der Waals surface area contributed by atoms with Crippen molar-refractivity contribution in [1.82, 2.24) is 10.3 Å². The fourth-order valence-electron chi connectivity index (χ4n) is 1.21. The molecule has 1 aromatic rings. The van der Waals surface area contributed by atoms with E-state index < -0.39 is 11.7 Å². The summed E-state index contributed by atoms with van der Waals surface area (Å²) in [7, 11) is 0. The Labute approximate surface area is 114 Å². The number of hydrogen-bond acceptors (Lipinski definition) is 4. The van der Waals surface area contributed by atoms with Gasteiger partial charge in [-0.05, 0) is 48.8 Å². The Balaban J connectivity index is 2.61. The average Bonchev–Trinajstić information content (AvgIpc) is 2.23. The first-order valence-corrected chi connectivity index (χ1v) is 6.18. The van der Waals surface area contributed by atoms with Gasteiger partial charge in [-0.2, -0.15) is 0 Å². The van der Waals surface area contributed by atoms with Crippen LogP contribution in [0.1, 0.15) is 36.8 Å². The first kappa shape index (κ1) is 14.6. The van der Waals surface area contributed by atoms with Gasteiger partial charge in [0.25, 0.3) is 0 Å². The Morgan fingerprint density at radius 3 is 2.72 bits per heavy atom. The third kappa shape index (κ3) is 5.27. The zero-order valence-electron chi connectivity index (χ0n) is 10.5. The highest BCUT2D eigenvalue weighted by molar-refractivity contribution is 9.10. The zero-order valence-corrected chi connectivity index (χ0v) is 12.1. The molecule has 0 aromatic carbocycles. The predicted octanol–water partition coefficient (Wildman–Crippen LogP) is 2.68. The van der Waals surface area contributed by atoms with Gasteiger partial charge in [0.05, 0.1) is 12.2 Å². The number of halogens is 1. The van der Waals surface area contributed by atoms with Crippen molar-refractivity contribution in [2.45, 2.75) is 32.9 Å². The SMILES string of the molecule is CC(C)(C)OC(=O)NCc1cc(C=O)cc(Br)n1. The van der Waals surface area contributed by atoms with Gasteiger partial charge in [-0.1, -0.05) is 0 Å². The number of rotatable bonds is 3. The molecule has 6 heteroatoms. The normalized spacial score (nSPS) is 10.9. The van der Waals surface area contributed by atoms with E-state index in [9.17, 15) is 9.59 Å². The number of alkyl carbamates (subject to hydrolysis) is 1. The quantitative estimate of drug-likeness (QED) is 0.688. The summed E-state index contributed by atoms with van der Waals surface area (Å²) in [5.74, 6) is 0. The molecule has 0 atom stereocenters. The van der Waals surface area contributed by atoms with Crippen molar-refractivity contribution in [3.8, 4) is 0 Å². The van der Waals surface area contributed by atoms with E-state index in [0.717, 1.165) is 6.29 Å². The van der Waals surface area contributed by atoms with Gasteiger partial charge in [0.2, 0.25) is 0 Å². The highest BCUT2D eigenvalue weighted by Crippen LogP contribution is 2.11. The maximum atomic E-state index is 11.4. The molecule has 0 radical (unpaired) electrons. The number of amides is 1. The number of nitrogens with zero attached hydrogens (tertiary/aromatic N) is 1. The molecule has 0 aliphatic carbocycles. The van der Waals surface area contributed by atoms with Gasteiger partial charge in [-0.3, -0.25) is 4.79 Å². The van der Waals surface area contributed by atoms with E-state index in [1.807, 2.05) is 0 Å². The molecule has 98 valence electrons. The van der Waals surface area contributed by atoms with E-state index in [4.69, 9.17) is 4.74 Å². The Morgan fingerprint density at radius 1 is 1.50 bits per heavy atom. The van der Waals surface area contributed by atoms with Gasteiger partial charge in [0.15, 0.2) is 0 Å². The maximum absolute atomic E-state index is 11.4. The third-order valence-corrected chi connectivity index (χ3v) is 2.22. The van der Waals surface area contributed by atoms with Crippen LogP contribution in [0.5, 0.6) is 0 Å². The number of hydrogen-bond donors (Lipinski definition) is 1. The van der Waals surface area contributed by atoms with Gasteiger partial charge in [0.1, 0.15) is 16.5 Å². The summed E-state index contributed by atoms with van der Waals surface area (Å²) >= 11 is 3.20. The minimum atomic E-state index is -0.539. The molecular weight excluding hydrogens is 300 g/mol. The van der Waals surface area contributed by atoms with Crippen molar-refractivity contribution in [2.75, 3.05) is 0 Å². The number of ether oxygens (including phenoxy) is 1. The van der Waals surface area contributed by atoms with Crippen LogP contribution < -0.4 is 5.32 Å². The standard InChI is InChI=1S/C12H15BrN2O3/c1-12(2,3)18-11(17)14-6-9-4-8(7-16)5-10(13)15-9/h4-5,7H,6H2,1-3H3,(H,14,17). The van der Waals surface area contributed by atoms with E-state index in [0.29, 0.717) is 15.9 Å².